The summed E-state index contributed by atoms with van der Waals surface area (Å²) in [4.78, 5) is 0. The van der Waals surface area contributed by atoms with Gasteiger partial charge in [-0.1, -0.05) is 0 Å². The van der Waals surface area contributed by atoms with Gasteiger partial charge >= 0.3 is 59.9 Å². The summed E-state index contributed by atoms with van der Waals surface area (Å²) in [6.45, 7) is 0. The van der Waals surface area contributed by atoms with E-state index in [0.717, 1.165) is 3.69 Å². The van der Waals surface area contributed by atoms with Crippen LogP contribution < -0.4 is 3.69 Å². The monoisotopic (exact) mass is 119 g/mol. The molecule has 0 heterocycles. The molecule has 2 heteroatoms. The van der Waals surface area contributed by atoms with Crippen LogP contribution in [0.4, 0.5) is 4.39 Å². The number of rotatable bonds is 0. The summed E-state index contributed by atoms with van der Waals surface area (Å²) in [6.07, 6.45) is 0. The molecule has 0 nitrogen and oxygen atoms in total. The van der Waals surface area contributed by atoms with Crippen LogP contribution in [-0.4, -0.2) is 21.7 Å². The van der Waals surface area contributed by atoms with Crippen LogP contribution in [0, 0.1) is 5.82 Å². The van der Waals surface area contributed by atoms with Gasteiger partial charge in [-0.15, -0.1) is 0 Å². The van der Waals surface area contributed by atoms with Gasteiger partial charge < -0.3 is 0 Å². The van der Waals surface area contributed by atoms with Crippen molar-refractivity contribution in [2.75, 3.05) is 0 Å². The molecule has 0 aliphatic rings. The third-order valence-electron chi connectivity index (χ3n) is 0.889. The SMILES string of the molecule is Fc1ccc[c]([Mg+])c1. The normalized spacial score (nSPS) is 9.38. The van der Waals surface area contributed by atoms with Crippen molar-refractivity contribution in [3.05, 3.63) is 30.1 Å². The van der Waals surface area contributed by atoms with E-state index in [2.05, 4.69) is 0 Å². The van der Waals surface area contributed by atoms with Crippen LogP contribution in [-0.2, 0) is 0 Å². The van der Waals surface area contributed by atoms with E-state index in [1.165, 1.54) is 12.1 Å². The Labute approximate surface area is 60.1 Å². The van der Waals surface area contributed by atoms with Gasteiger partial charge in [0.25, 0.3) is 0 Å². The second-order valence-electron chi connectivity index (χ2n) is 1.63. The topological polar surface area (TPSA) is 0 Å². The minimum atomic E-state index is -0.155. The summed E-state index contributed by atoms with van der Waals surface area (Å²) in [5, 5.41) is 0. The van der Waals surface area contributed by atoms with Crippen molar-refractivity contribution in [3.8, 4) is 0 Å². The predicted molar refractivity (Wildman–Crippen MR) is 31.8 cm³/mol. The number of benzene rings is 1. The molecule has 0 unspecified atom stereocenters. The van der Waals surface area contributed by atoms with Crippen LogP contribution in [0.3, 0.4) is 0 Å². The first-order valence-electron chi connectivity index (χ1n) is 2.36. The molecule has 0 radical (unpaired) electrons. The van der Waals surface area contributed by atoms with Crippen LogP contribution in [0.25, 0.3) is 0 Å². The maximum atomic E-state index is 12.2. The van der Waals surface area contributed by atoms with Gasteiger partial charge in [0.15, 0.2) is 0 Å². The summed E-state index contributed by atoms with van der Waals surface area (Å²) in [5.41, 5.74) is 0. The average molecular weight is 119 g/mol. The van der Waals surface area contributed by atoms with E-state index in [1.54, 1.807) is 27.8 Å². The number of halogens is 1. The summed E-state index contributed by atoms with van der Waals surface area (Å²) in [6, 6.07) is 6.54. The van der Waals surface area contributed by atoms with Crippen molar-refractivity contribution in [3.63, 3.8) is 0 Å². The average Bonchev–Trinajstić information content (AvgIpc) is 1.64. The third kappa shape index (κ3) is 1.45. The van der Waals surface area contributed by atoms with Gasteiger partial charge in [-0.3, -0.25) is 0 Å². The van der Waals surface area contributed by atoms with E-state index < -0.39 is 0 Å². The van der Waals surface area contributed by atoms with Crippen LogP contribution >= 0.6 is 0 Å². The Morgan fingerprint density at radius 1 is 1.38 bits per heavy atom. The summed E-state index contributed by atoms with van der Waals surface area (Å²) in [5.74, 6) is -0.155. The molecule has 1 aromatic carbocycles. The van der Waals surface area contributed by atoms with Crippen molar-refractivity contribution < 1.29 is 4.39 Å². The van der Waals surface area contributed by atoms with Gasteiger partial charge in [-0.25, -0.2) is 0 Å². The second-order valence-corrected chi connectivity index (χ2v) is 2.45. The van der Waals surface area contributed by atoms with Crippen LogP contribution in [0.5, 0.6) is 0 Å². The fraction of sp³-hybridized carbons (Fsp3) is 0. The summed E-state index contributed by atoms with van der Waals surface area (Å²) in [7, 11) is 0. The molecule has 0 aliphatic carbocycles. The Morgan fingerprint density at radius 3 is 2.50 bits per heavy atom. The van der Waals surface area contributed by atoms with Gasteiger partial charge in [-0.2, -0.15) is 0 Å². The van der Waals surface area contributed by atoms with Crippen LogP contribution in [0.1, 0.15) is 0 Å². The number of hydrogen-bond donors (Lipinski definition) is 0. The van der Waals surface area contributed by atoms with Gasteiger partial charge in [0, 0.05) is 0 Å². The Hall–Kier alpha value is -0.0838. The first kappa shape index (κ1) is 6.04. The zero-order chi connectivity index (χ0) is 5.98. The molecule has 0 bridgehead atoms. The molecule has 0 saturated heterocycles. The minimum absolute atomic E-state index is 0.155. The molecule has 0 spiro atoms. The predicted octanol–water partition coefficient (Wildman–Crippen LogP) is 0.620. The van der Waals surface area contributed by atoms with Crippen LogP contribution in [0.2, 0.25) is 0 Å². The van der Waals surface area contributed by atoms with Crippen LogP contribution in [0.15, 0.2) is 24.3 Å². The first-order valence-corrected chi connectivity index (χ1v) is 3.07. The molecule has 36 valence electrons. The molecule has 0 atom stereocenters. The maximum absolute atomic E-state index is 12.2. The summed E-state index contributed by atoms with van der Waals surface area (Å²) >= 11 is 1.68. The van der Waals surface area contributed by atoms with E-state index >= 15 is 0 Å². The molecule has 0 amide bonds. The van der Waals surface area contributed by atoms with Gasteiger partial charge in [-0.05, 0) is 0 Å². The van der Waals surface area contributed by atoms with E-state index in [1.807, 2.05) is 6.07 Å². The Kier molecular flexibility index (Phi) is 1.86. The van der Waals surface area contributed by atoms with Crippen molar-refractivity contribution in [2.45, 2.75) is 0 Å². The molecule has 0 aromatic heterocycles. The molecule has 0 saturated carbocycles. The van der Waals surface area contributed by atoms with Gasteiger partial charge in [0.2, 0.25) is 0 Å². The first-order chi connectivity index (χ1) is 3.79. The van der Waals surface area contributed by atoms with E-state index in [9.17, 15) is 4.39 Å². The molecule has 8 heavy (non-hydrogen) atoms. The molecule has 1 aromatic rings. The van der Waals surface area contributed by atoms with E-state index in [0.29, 0.717) is 0 Å². The van der Waals surface area contributed by atoms with Crippen molar-refractivity contribution in [1.29, 1.82) is 0 Å². The Morgan fingerprint density at radius 2 is 2.12 bits per heavy atom. The molecule has 0 fully saturated rings. The molecular formula is C6H4FMg+. The molecule has 0 aliphatic heterocycles. The zero-order valence-corrected chi connectivity index (χ0v) is 5.81. The van der Waals surface area contributed by atoms with E-state index in [-0.39, 0.29) is 5.82 Å². The second kappa shape index (κ2) is 2.46. The summed E-state index contributed by atoms with van der Waals surface area (Å²) < 4.78 is 13.2. The third-order valence-corrected chi connectivity index (χ3v) is 1.33. The van der Waals surface area contributed by atoms with Crippen molar-refractivity contribution in [2.24, 2.45) is 0 Å². The quantitative estimate of drug-likeness (QED) is 0.439. The standard InChI is InChI=1S/C6H4F.Mg/c7-6-4-2-1-3-5-6;/h1-2,4-5H;/q;+1. The molecular weight excluding hydrogens is 115 g/mol. The van der Waals surface area contributed by atoms with Crippen molar-refractivity contribution >= 4 is 25.4 Å². The van der Waals surface area contributed by atoms with Gasteiger partial charge in [0.05, 0.1) is 0 Å². The fourth-order valence-corrected chi connectivity index (χ4v) is 0.868. The fourth-order valence-electron chi connectivity index (χ4n) is 0.537. The Bertz CT molecular complexity index is 168. The zero-order valence-electron chi connectivity index (χ0n) is 4.39. The number of hydrogen-bond acceptors (Lipinski definition) is 0. The molecule has 0 N–H and O–H groups in total. The van der Waals surface area contributed by atoms with Gasteiger partial charge in [0.1, 0.15) is 0 Å². The Balaban J connectivity index is 3.08. The van der Waals surface area contributed by atoms with E-state index in [4.69, 9.17) is 0 Å². The van der Waals surface area contributed by atoms with Crippen molar-refractivity contribution in [1.82, 2.24) is 0 Å². The molecule has 1 rings (SSSR count).